The van der Waals surface area contributed by atoms with E-state index in [9.17, 15) is 14.7 Å². The standard InChI is InChI=1S/C19H20O6/c1-4-24-18(21)14-8-6-12(20)10-16(14)17-11-13(23-3)7-9-15(17)19(22)25-5-2/h6-11,20H,4-5H2,1-3H3. The third-order valence-corrected chi connectivity index (χ3v) is 3.51. The minimum Gasteiger partial charge on any atom is -0.508 e. The lowest BCUT2D eigenvalue weighted by molar-refractivity contribution is 0.0515. The summed E-state index contributed by atoms with van der Waals surface area (Å²) in [4.78, 5) is 24.5. The van der Waals surface area contributed by atoms with Crippen LogP contribution in [0.25, 0.3) is 11.1 Å². The lowest BCUT2D eigenvalue weighted by atomic mass is 9.94. The summed E-state index contributed by atoms with van der Waals surface area (Å²) in [5.74, 6) is -0.615. The monoisotopic (exact) mass is 344 g/mol. The van der Waals surface area contributed by atoms with Crippen molar-refractivity contribution in [1.82, 2.24) is 0 Å². The molecule has 0 fully saturated rings. The van der Waals surface area contributed by atoms with E-state index in [1.165, 1.54) is 25.3 Å². The summed E-state index contributed by atoms with van der Waals surface area (Å²) in [7, 11) is 1.50. The molecule has 0 atom stereocenters. The molecule has 0 aliphatic heterocycles. The number of phenolic OH excluding ortho intramolecular Hbond substituents is 1. The molecule has 0 aliphatic carbocycles. The molecule has 6 nitrogen and oxygen atoms in total. The molecule has 2 aromatic rings. The van der Waals surface area contributed by atoms with E-state index in [1.54, 1.807) is 32.0 Å². The molecule has 25 heavy (non-hydrogen) atoms. The van der Waals surface area contributed by atoms with Gasteiger partial charge in [0, 0.05) is 11.1 Å². The Morgan fingerprint density at radius 1 is 0.880 bits per heavy atom. The van der Waals surface area contributed by atoms with E-state index >= 15 is 0 Å². The summed E-state index contributed by atoms with van der Waals surface area (Å²) in [6, 6.07) is 9.05. The van der Waals surface area contributed by atoms with Crippen molar-refractivity contribution < 1.29 is 28.9 Å². The van der Waals surface area contributed by atoms with Crippen LogP contribution in [-0.2, 0) is 9.47 Å². The first-order valence-electron chi connectivity index (χ1n) is 7.87. The Hall–Kier alpha value is -3.02. The fourth-order valence-electron chi connectivity index (χ4n) is 2.40. The molecule has 0 bridgehead atoms. The van der Waals surface area contributed by atoms with Crippen molar-refractivity contribution in [3.05, 3.63) is 47.5 Å². The van der Waals surface area contributed by atoms with Crippen LogP contribution in [0, 0.1) is 0 Å². The minimum absolute atomic E-state index is 0.0410. The average molecular weight is 344 g/mol. The Morgan fingerprint density at radius 2 is 1.40 bits per heavy atom. The highest BCUT2D eigenvalue weighted by Crippen LogP contribution is 2.34. The number of carbonyl (C=O) groups is 2. The molecule has 0 spiro atoms. The number of aromatic hydroxyl groups is 1. The van der Waals surface area contributed by atoms with Crippen molar-refractivity contribution in [3.63, 3.8) is 0 Å². The predicted octanol–water partition coefficient (Wildman–Crippen LogP) is 3.42. The van der Waals surface area contributed by atoms with Gasteiger partial charge in [0.15, 0.2) is 0 Å². The fraction of sp³-hybridized carbons (Fsp3) is 0.263. The van der Waals surface area contributed by atoms with Gasteiger partial charge in [-0.1, -0.05) is 0 Å². The van der Waals surface area contributed by atoms with Crippen LogP contribution in [0.3, 0.4) is 0 Å². The second-order valence-electron chi connectivity index (χ2n) is 5.08. The Labute approximate surface area is 146 Å². The maximum absolute atomic E-state index is 12.3. The molecule has 0 radical (unpaired) electrons. The second kappa shape index (κ2) is 8.19. The number of ether oxygens (including phenoxy) is 3. The predicted molar refractivity (Wildman–Crippen MR) is 92.0 cm³/mol. The number of hydrogen-bond acceptors (Lipinski definition) is 6. The van der Waals surface area contributed by atoms with E-state index in [0.29, 0.717) is 16.9 Å². The Morgan fingerprint density at radius 3 is 1.92 bits per heavy atom. The van der Waals surface area contributed by atoms with Gasteiger partial charge in [0.2, 0.25) is 0 Å². The number of hydrogen-bond donors (Lipinski definition) is 1. The number of phenols is 1. The van der Waals surface area contributed by atoms with E-state index in [-0.39, 0.29) is 30.1 Å². The van der Waals surface area contributed by atoms with Crippen LogP contribution >= 0.6 is 0 Å². The van der Waals surface area contributed by atoms with Crippen molar-refractivity contribution in [2.24, 2.45) is 0 Å². The average Bonchev–Trinajstić information content (AvgIpc) is 2.61. The molecule has 132 valence electrons. The number of benzene rings is 2. The molecule has 6 heteroatoms. The molecule has 0 saturated carbocycles. The Kier molecular flexibility index (Phi) is 6.00. The van der Waals surface area contributed by atoms with E-state index in [4.69, 9.17) is 14.2 Å². The zero-order valence-electron chi connectivity index (χ0n) is 14.4. The third-order valence-electron chi connectivity index (χ3n) is 3.51. The number of carbonyl (C=O) groups excluding carboxylic acids is 2. The molecule has 0 saturated heterocycles. The van der Waals surface area contributed by atoms with Gasteiger partial charge in [-0.2, -0.15) is 0 Å². The van der Waals surface area contributed by atoms with Crippen LogP contribution in [0.15, 0.2) is 36.4 Å². The van der Waals surface area contributed by atoms with Crippen molar-refractivity contribution >= 4 is 11.9 Å². The molecule has 2 rings (SSSR count). The normalized spacial score (nSPS) is 10.2. The SMILES string of the molecule is CCOC(=O)c1ccc(O)cc1-c1cc(OC)ccc1C(=O)OCC. The molecule has 1 N–H and O–H groups in total. The molecule has 0 heterocycles. The van der Waals surface area contributed by atoms with Crippen LogP contribution in [-0.4, -0.2) is 37.4 Å². The largest absolute Gasteiger partial charge is 0.508 e. The smallest absolute Gasteiger partial charge is 0.338 e. The zero-order chi connectivity index (χ0) is 18.4. The molecule has 0 aliphatic rings. The first-order valence-corrected chi connectivity index (χ1v) is 7.87. The quantitative estimate of drug-likeness (QED) is 0.809. The molecular weight excluding hydrogens is 324 g/mol. The van der Waals surface area contributed by atoms with Crippen molar-refractivity contribution in [2.45, 2.75) is 13.8 Å². The number of methoxy groups -OCH3 is 1. The maximum atomic E-state index is 12.3. The minimum atomic E-state index is -0.546. The van der Waals surface area contributed by atoms with Crippen LogP contribution < -0.4 is 4.74 Å². The van der Waals surface area contributed by atoms with Gasteiger partial charge in [-0.05, 0) is 50.2 Å². The topological polar surface area (TPSA) is 82.1 Å². The highest BCUT2D eigenvalue weighted by atomic mass is 16.5. The summed E-state index contributed by atoms with van der Waals surface area (Å²) in [6.07, 6.45) is 0. The van der Waals surface area contributed by atoms with Crippen LogP contribution in [0.5, 0.6) is 11.5 Å². The van der Waals surface area contributed by atoms with Crippen LogP contribution in [0.1, 0.15) is 34.6 Å². The molecule has 0 unspecified atom stereocenters. The van der Waals surface area contributed by atoms with Crippen molar-refractivity contribution in [3.8, 4) is 22.6 Å². The Bertz CT molecular complexity index is 781. The van der Waals surface area contributed by atoms with Crippen molar-refractivity contribution in [2.75, 3.05) is 20.3 Å². The lowest BCUT2D eigenvalue weighted by Gasteiger charge is -2.14. The molecule has 2 aromatic carbocycles. The molecule has 0 amide bonds. The van der Waals surface area contributed by atoms with Gasteiger partial charge < -0.3 is 19.3 Å². The fourth-order valence-corrected chi connectivity index (χ4v) is 2.40. The highest BCUT2D eigenvalue weighted by Gasteiger charge is 2.21. The van der Waals surface area contributed by atoms with Gasteiger partial charge in [0.05, 0.1) is 31.5 Å². The van der Waals surface area contributed by atoms with Crippen molar-refractivity contribution in [1.29, 1.82) is 0 Å². The Balaban J connectivity index is 2.69. The van der Waals surface area contributed by atoms with Crippen LogP contribution in [0.2, 0.25) is 0 Å². The van der Waals surface area contributed by atoms with E-state index in [1.807, 2.05) is 0 Å². The van der Waals surface area contributed by atoms with E-state index < -0.39 is 11.9 Å². The summed E-state index contributed by atoms with van der Waals surface area (Å²) in [5.41, 5.74) is 1.27. The maximum Gasteiger partial charge on any atom is 0.338 e. The summed E-state index contributed by atoms with van der Waals surface area (Å²) in [5, 5.41) is 9.87. The molecular formula is C19H20O6. The first-order chi connectivity index (χ1) is 12.0. The summed E-state index contributed by atoms with van der Waals surface area (Å²) < 4.78 is 15.4. The van der Waals surface area contributed by atoms with E-state index in [2.05, 4.69) is 0 Å². The van der Waals surface area contributed by atoms with Gasteiger partial charge in [0.1, 0.15) is 11.5 Å². The zero-order valence-corrected chi connectivity index (χ0v) is 14.4. The highest BCUT2D eigenvalue weighted by molar-refractivity contribution is 6.03. The van der Waals surface area contributed by atoms with Gasteiger partial charge in [-0.3, -0.25) is 0 Å². The third kappa shape index (κ3) is 4.09. The van der Waals surface area contributed by atoms with Gasteiger partial charge in [-0.15, -0.1) is 0 Å². The first kappa shape index (κ1) is 18.3. The van der Waals surface area contributed by atoms with Crippen LogP contribution in [0.4, 0.5) is 0 Å². The van der Waals surface area contributed by atoms with Gasteiger partial charge in [0.25, 0.3) is 0 Å². The second-order valence-corrected chi connectivity index (χ2v) is 5.08. The molecule has 0 aromatic heterocycles. The number of rotatable bonds is 6. The summed E-state index contributed by atoms with van der Waals surface area (Å²) in [6.45, 7) is 3.84. The number of esters is 2. The van der Waals surface area contributed by atoms with Gasteiger partial charge in [-0.25, -0.2) is 9.59 Å². The summed E-state index contributed by atoms with van der Waals surface area (Å²) >= 11 is 0. The van der Waals surface area contributed by atoms with Gasteiger partial charge >= 0.3 is 11.9 Å². The lowest BCUT2D eigenvalue weighted by Crippen LogP contribution is -2.10. The van der Waals surface area contributed by atoms with E-state index in [0.717, 1.165) is 0 Å².